The summed E-state index contributed by atoms with van der Waals surface area (Å²) in [5, 5.41) is 11.2. The van der Waals surface area contributed by atoms with E-state index in [-0.39, 0.29) is 11.5 Å². The second kappa shape index (κ2) is 20.7. The van der Waals surface area contributed by atoms with E-state index in [1.165, 1.54) is 42.4 Å². The minimum atomic E-state index is -0.959. The van der Waals surface area contributed by atoms with Crippen LogP contribution in [0.25, 0.3) is 0 Å². The lowest BCUT2D eigenvalue weighted by molar-refractivity contribution is 0.150. The van der Waals surface area contributed by atoms with Crippen molar-refractivity contribution < 1.29 is 0 Å². The number of nitrogens with zero attached hydrogens (tertiary/aromatic N) is 2. The molecule has 0 amide bonds. The smallest absolute Gasteiger partial charge is 0.0326 e. The highest BCUT2D eigenvalue weighted by Crippen LogP contribution is 2.66. The summed E-state index contributed by atoms with van der Waals surface area (Å²) < 4.78 is 6.11. The topological polar surface area (TPSA) is 6.48 Å². The number of benzene rings is 8. The van der Waals surface area contributed by atoms with Crippen LogP contribution in [0.5, 0.6) is 0 Å². The predicted octanol–water partition coefficient (Wildman–Crippen LogP) is 12.1. The maximum absolute atomic E-state index is 3.09. The average molecular weight is 907 g/mol. The Morgan fingerprint density at radius 2 is 0.547 bits per heavy atom. The van der Waals surface area contributed by atoms with Gasteiger partial charge < -0.3 is 0 Å². The lowest BCUT2D eigenvalue weighted by Crippen LogP contribution is -2.45. The van der Waals surface area contributed by atoms with Gasteiger partial charge in [0.2, 0.25) is 0 Å². The molecule has 5 atom stereocenters. The van der Waals surface area contributed by atoms with Crippen molar-refractivity contribution in [2.45, 2.75) is 33.7 Å². The molecule has 9 rings (SSSR count). The molecule has 5 unspecified atom stereocenters. The Balaban J connectivity index is 1.26. The van der Waals surface area contributed by atoms with Crippen LogP contribution >= 0.6 is 32.3 Å². The third-order valence-electron chi connectivity index (χ3n) is 13.5. The summed E-state index contributed by atoms with van der Waals surface area (Å²) in [4.78, 5) is 0. The van der Waals surface area contributed by atoms with Gasteiger partial charge >= 0.3 is 0 Å². The highest BCUT2D eigenvalue weighted by molar-refractivity contribution is 7.85. The lowest BCUT2D eigenvalue weighted by atomic mass is 9.74. The molecule has 0 radical (unpaired) electrons. The van der Waals surface area contributed by atoms with Crippen molar-refractivity contribution in [1.29, 1.82) is 0 Å². The Kier molecular flexibility index (Phi) is 14.4. The molecule has 0 heterocycles. The molecule has 8 aromatic carbocycles. The van der Waals surface area contributed by atoms with Crippen LogP contribution in [0, 0.1) is 23.2 Å². The zero-order chi connectivity index (χ0) is 43.9. The van der Waals surface area contributed by atoms with E-state index in [1.54, 1.807) is 0 Å². The van der Waals surface area contributed by atoms with Gasteiger partial charge in [0.05, 0.1) is 0 Å². The molecule has 1 aliphatic carbocycles. The maximum Gasteiger partial charge on any atom is 0.0326 e. The van der Waals surface area contributed by atoms with Gasteiger partial charge in [-0.2, -0.15) is 0 Å². The molecule has 0 aliphatic heterocycles. The monoisotopic (exact) mass is 906 g/mol. The van der Waals surface area contributed by atoms with E-state index in [2.05, 4.69) is 279 Å². The Bertz CT molecular complexity index is 2300. The number of hydrogen-bond acceptors (Lipinski definition) is 2. The summed E-state index contributed by atoms with van der Waals surface area (Å²) in [5.74, 6) is 1.15. The first-order chi connectivity index (χ1) is 31.4. The molecule has 0 bridgehead atoms. The third-order valence-corrected chi connectivity index (χ3v) is 24.6. The zero-order valence-electron chi connectivity index (χ0n) is 37.3. The summed E-state index contributed by atoms with van der Waals surface area (Å²) >= 11 is 0. The SMILES string of the molecule is CC1C(N(P(c2ccccc2)c2ccccc2)P(c2ccccc2)c2ccccc2)C(C)C(C)(CN(P(c2ccccc2)c2ccccc2)P(c2ccccc2)c2ccccc2)C1C. The first-order valence-electron chi connectivity index (χ1n) is 22.6. The molecule has 0 N–H and O–H groups in total. The van der Waals surface area contributed by atoms with Crippen molar-refractivity contribution in [2.24, 2.45) is 23.2 Å². The van der Waals surface area contributed by atoms with Crippen molar-refractivity contribution >= 4 is 74.7 Å². The van der Waals surface area contributed by atoms with E-state index < -0.39 is 32.3 Å². The van der Waals surface area contributed by atoms with Gasteiger partial charge in [-0.05, 0) is 65.6 Å². The Morgan fingerprint density at radius 1 is 0.328 bits per heavy atom. The van der Waals surface area contributed by atoms with Gasteiger partial charge in [-0.25, -0.2) is 8.88 Å². The molecule has 1 fully saturated rings. The van der Waals surface area contributed by atoms with Crippen LogP contribution in [0.3, 0.4) is 0 Å². The average Bonchev–Trinajstić information content (AvgIpc) is 3.52. The van der Waals surface area contributed by atoms with Gasteiger partial charge in [0.15, 0.2) is 0 Å². The quantitative estimate of drug-likeness (QED) is 0.0946. The van der Waals surface area contributed by atoms with Crippen molar-refractivity contribution in [2.75, 3.05) is 6.54 Å². The maximum atomic E-state index is 3.09. The first-order valence-corrected chi connectivity index (χ1v) is 27.8. The standard InChI is InChI=1S/C58H58N2P4/c1-46-47(2)58(4,45-59(61(49-29-13-5-14-30-49)50-31-15-6-16-32-50)62(51-33-17-7-18-34-51)52-35-19-8-20-36-52)48(3)57(46)60(63(53-37-21-9-22-38-53)54-39-23-10-24-40-54)64(55-41-25-11-26-42-55)56-43-27-12-28-44-56/h5-44,46-48,57H,45H2,1-4H3. The van der Waals surface area contributed by atoms with Gasteiger partial charge in [-0.15, -0.1) is 0 Å². The largest absolute Gasteiger partial charge is 0.244 e. The van der Waals surface area contributed by atoms with Crippen molar-refractivity contribution in [3.8, 4) is 0 Å². The lowest BCUT2D eigenvalue weighted by Gasteiger charge is -2.48. The fourth-order valence-electron chi connectivity index (χ4n) is 9.90. The van der Waals surface area contributed by atoms with Crippen molar-refractivity contribution in [3.63, 3.8) is 0 Å². The molecule has 320 valence electrons. The van der Waals surface area contributed by atoms with Crippen molar-refractivity contribution in [3.05, 3.63) is 243 Å². The van der Waals surface area contributed by atoms with E-state index in [0.717, 1.165) is 6.54 Å². The van der Waals surface area contributed by atoms with Gasteiger partial charge in [0, 0.05) is 44.9 Å². The van der Waals surface area contributed by atoms with Crippen LogP contribution in [0.2, 0.25) is 0 Å². The fourth-order valence-corrected chi connectivity index (χ4v) is 22.9. The second-order valence-corrected chi connectivity index (χ2v) is 26.3. The van der Waals surface area contributed by atoms with Crippen LogP contribution in [0.4, 0.5) is 0 Å². The van der Waals surface area contributed by atoms with E-state index in [0.29, 0.717) is 17.8 Å². The molecule has 0 aromatic heterocycles. The Labute approximate surface area is 387 Å². The molecule has 64 heavy (non-hydrogen) atoms. The molecule has 1 aliphatic rings. The summed E-state index contributed by atoms with van der Waals surface area (Å²) in [7, 11) is -3.81. The number of hydrogen-bond donors (Lipinski definition) is 0. The zero-order valence-corrected chi connectivity index (χ0v) is 40.9. The first kappa shape index (κ1) is 44.6. The molecule has 1 saturated carbocycles. The van der Waals surface area contributed by atoms with E-state index in [4.69, 9.17) is 0 Å². The molecule has 6 heteroatoms. The Hall–Kier alpha value is -4.60. The van der Waals surface area contributed by atoms with E-state index in [1.807, 2.05) is 0 Å². The van der Waals surface area contributed by atoms with Gasteiger partial charge in [-0.3, -0.25) is 0 Å². The fraction of sp³-hybridized carbons (Fsp3) is 0.172. The van der Waals surface area contributed by atoms with Crippen LogP contribution in [0.1, 0.15) is 27.7 Å². The van der Waals surface area contributed by atoms with Gasteiger partial charge in [0.25, 0.3) is 0 Å². The molecule has 0 spiro atoms. The van der Waals surface area contributed by atoms with Gasteiger partial charge in [0.1, 0.15) is 0 Å². The van der Waals surface area contributed by atoms with Crippen LogP contribution < -0.4 is 42.4 Å². The summed E-state index contributed by atoms with van der Waals surface area (Å²) in [6.45, 7) is 11.4. The molecule has 2 nitrogen and oxygen atoms in total. The van der Waals surface area contributed by atoms with Crippen LogP contribution in [0.15, 0.2) is 243 Å². The molecule has 0 saturated heterocycles. The van der Waals surface area contributed by atoms with Crippen LogP contribution in [-0.2, 0) is 0 Å². The summed E-state index contributed by atoms with van der Waals surface area (Å²) in [5.41, 5.74) is -0.0701. The highest BCUT2D eigenvalue weighted by atomic mass is 31.2. The van der Waals surface area contributed by atoms with Gasteiger partial charge in [-0.1, -0.05) is 270 Å². The summed E-state index contributed by atoms with van der Waals surface area (Å²) in [6, 6.07) is 91.7. The van der Waals surface area contributed by atoms with Crippen LogP contribution in [-0.4, -0.2) is 21.5 Å². The third kappa shape index (κ3) is 9.26. The van der Waals surface area contributed by atoms with E-state index in [9.17, 15) is 0 Å². The number of rotatable bonds is 15. The minimum Gasteiger partial charge on any atom is -0.244 e. The Morgan fingerprint density at radius 3 is 0.781 bits per heavy atom. The molecular weight excluding hydrogens is 849 g/mol. The molecule has 8 aromatic rings. The highest BCUT2D eigenvalue weighted by Gasteiger charge is 2.57. The summed E-state index contributed by atoms with van der Waals surface area (Å²) in [6.07, 6.45) is 0. The molecular formula is C58H58N2P4. The predicted molar refractivity (Wildman–Crippen MR) is 284 cm³/mol. The van der Waals surface area contributed by atoms with E-state index >= 15 is 0 Å². The van der Waals surface area contributed by atoms with Crippen molar-refractivity contribution in [1.82, 2.24) is 8.88 Å². The second-order valence-electron chi connectivity index (χ2n) is 17.2. The normalized spacial score (nSPS) is 19.9. The minimum absolute atomic E-state index is 0.0701.